The molecule has 2 N–H and O–H groups in total. The van der Waals surface area contributed by atoms with Gasteiger partial charge in [0, 0.05) is 19.8 Å². The molecule has 0 saturated heterocycles. The first-order chi connectivity index (χ1) is 13.2. The van der Waals surface area contributed by atoms with Crippen LogP contribution in [0, 0.1) is 0 Å². The number of nitrogens with zero attached hydrogens (tertiary/aromatic N) is 3. The molecule has 2 aromatic rings. The molecule has 28 heavy (non-hydrogen) atoms. The third kappa shape index (κ3) is 3.81. The highest BCUT2D eigenvalue weighted by atomic mass is 32.2. The number of benzene rings is 2. The zero-order valence-corrected chi connectivity index (χ0v) is 16.5. The topological polar surface area (TPSA) is 105 Å². The molecule has 2 aromatic carbocycles. The minimum Gasteiger partial charge on any atom is -0.378 e. The van der Waals surface area contributed by atoms with Crippen molar-refractivity contribution in [1.82, 2.24) is 0 Å². The first-order valence-electron chi connectivity index (χ1n) is 8.35. The summed E-state index contributed by atoms with van der Waals surface area (Å²) >= 11 is 0. The molecule has 1 aliphatic rings. The molecule has 0 fully saturated rings. The number of carbonyl (C=O) groups is 1. The second-order valence-corrected chi connectivity index (χ2v) is 7.96. The van der Waals surface area contributed by atoms with Crippen LogP contribution in [-0.2, 0) is 19.2 Å². The monoisotopic (exact) mass is 400 g/mol. The summed E-state index contributed by atoms with van der Waals surface area (Å²) in [6.45, 7) is 1.75. The molecule has 1 heterocycles. The van der Waals surface area contributed by atoms with Crippen molar-refractivity contribution in [2.24, 2.45) is 11.0 Å². The molecule has 8 nitrogen and oxygen atoms in total. The smallest absolute Gasteiger partial charge is 0.312 e. The van der Waals surface area contributed by atoms with Crippen LogP contribution in [0.3, 0.4) is 0 Å². The lowest BCUT2D eigenvalue weighted by molar-refractivity contribution is -0.114. The van der Waals surface area contributed by atoms with Crippen LogP contribution in [0.2, 0.25) is 0 Å². The van der Waals surface area contributed by atoms with Crippen LogP contribution in [0.5, 0.6) is 0 Å². The average molecular weight is 400 g/mol. The number of hydrogen-bond donors (Lipinski definition) is 1. The maximum absolute atomic E-state index is 12.8. The Labute approximate surface area is 163 Å². The fourth-order valence-electron chi connectivity index (χ4n) is 2.70. The van der Waals surface area contributed by atoms with Crippen molar-refractivity contribution in [3.8, 4) is 0 Å². The Morgan fingerprint density at radius 3 is 2.21 bits per heavy atom. The summed E-state index contributed by atoms with van der Waals surface area (Å²) in [5, 5.41) is 5.52. The summed E-state index contributed by atoms with van der Waals surface area (Å²) in [5.74, 6) is 4.48. The van der Waals surface area contributed by atoms with Gasteiger partial charge in [0.25, 0.3) is 5.91 Å². The van der Waals surface area contributed by atoms with Crippen LogP contribution in [-0.4, -0.2) is 34.1 Å². The number of anilines is 2. The predicted octanol–water partition coefficient (Wildman–Crippen LogP) is 2.14. The molecule has 0 saturated carbocycles. The number of carbonyl (C=O) groups excluding carboxylic acids is 1. The lowest BCUT2D eigenvalue weighted by Gasteiger charge is -2.13. The molecule has 9 heteroatoms. The molecule has 3 rings (SSSR count). The molecular formula is C19H20N4O4S. The normalized spacial score (nSPS) is 15.9. The Morgan fingerprint density at radius 1 is 1.07 bits per heavy atom. The van der Waals surface area contributed by atoms with E-state index in [2.05, 4.69) is 9.39 Å². The lowest BCUT2D eigenvalue weighted by Crippen LogP contribution is -2.21. The van der Waals surface area contributed by atoms with Crippen LogP contribution < -0.4 is 15.8 Å². The summed E-state index contributed by atoms with van der Waals surface area (Å²) in [4.78, 5) is 14.7. The standard InChI is InChI=1S/C19H20N4O4S/c1-13-18(12-14-4-6-15(7-5-14)22(2)3)19(24)23(21-13)16-8-10-17(11-9-16)28(25,26)27-20/h4-12H,20H2,1-3H3/b18-12-. The fraction of sp³-hybridized carbons (Fsp3) is 0.158. The lowest BCUT2D eigenvalue weighted by atomic mass is 10.1. The highest BCUT2D eigenvalue weighted by Gasteiger charge is 2.29. The summed E-state index contributed by atoms with van der Waals surface area (Å²) < 4.78 is 27.2. The Bertz CT molecular complexity index is 1060. The molecule has 1 aliphatic heterocycles. The van der Waals surface area contributed by atoms with Gasteiger partial charge < -0.3 is 4.90 Å². The average Bonchev–Trinajstić information content (AvgIpc) is 2.96. The van der Waals surface area contributed by atoms with Gasteiger partial charge in [0.1, 0.15) is 0 Å². The van der Waals surface area contributed by atoms with Gasteiger partial charge >= 0.3 is 10.1 Å². The quantitative estimate of drug-likeness (QED) is 0.609. The fourth-order valence-corrected chi connectivity index (χ4v) is 3.28. The van der Waals surface area contributed by atoms with Gasteiger partial charge in [0.15, 0.2) is 0 Å². The molecule has 0 atom stereocenters. The number of hydrogen-bond acceptors (Lipinski definition) is 7. The van der Waals surface area contributed by atoms with Gasteiger partial charge in [0.2, 0.25) is 0 Å². The molecule has 0 bridgehead atoms. The van der Waals surface area contributed by atoms with Crippen molar-refractivity contribution in [1.29, 1.82) is 0 Å². The van der Waals surface area contributed by atoms with E-state index in [1.54, 1.807) is 13.0 Å². The van der Waals surface area contributed by atoms with Crippen molar-refractivity contribution < 1.29 is 17.5 Å². The zero-order valence-electron chi connectivity index (χ0n) is 15.7. The van der Waals surface area contributed by atoms with Crippen molar-refractivity contribution >= 4 is 39.2 Å². The maximum Gasteiger partial charge on any atom is 0.312 e. The molecule has 0 radical (unpaired) electrons. The first kappa shape index (κ1) is 19.7. The highest BCUT2D eigenvalue weighted by Crippen LogP contribution is 2.26. The van der Waals surface area contributed by atoms with E-state index in [0.717, 1.165) is 11.3 Å². The van der Waals surface area contributed by atoms with E-state index in [-0.39, 0.29) is 10.8 Å². The molecule has 0 aliphatic carbocycles. The van der Waals surface area contributed by atoms with Crippen LogP contribution >= 0.6 is 0 Å². The zero-order chi connectivity index (χ0) is 20.5. The van der Waals surface area contributed by atoms with E-state index in [1.807, 2.05) is 43.3 Å². The second-order valence-electron chi connectivity index (χ2n) is 6.39. The minimum absolute atomic E-state index is 0.108. The van der Waals surface area contributed by atoms with Gasteiger partial charge in [-0.2, -0.15) is 28.7 Å². The molecule has 0 aromatic heterocycles. The summed E-state index contributed by atoms with van der Waals surface area (Å²) in [7, 11) is -0.0860. The Balaban J connectivity index is 1.86. The van der Waals surface area contributed by atoms with E-state index in [0.29, 0.717) is 17.0 Å². The van der Waals surface area contributed by atoms with Crippen molar-refractivity contribution in [2.45, 2.75) is 11.8 Å². The highest BCUT2D eigenvalue weighted by molar-refractivity contribution is 7.86. The molecule has 0 unspecified atom stereocenters. The van der Waals surface area contributed by atoms with E-state index in [4.69, 9.17) is 5.90 Å². The van der Waals surface area contributed by atoms with Gasteiger partial charge in [-0.1, -0.05) is 12.1 Å². The SMILES string of the molecule is CC1=NN(c2ccc(S(=O)(=O)ON)cc2)C(=O)/C1=C\c1ccc(N(C)C)cc1. The van der Waals surface area contributed by atoms with Crippen LogP contribution in [0.15, 0.2) is 64.1 Å². The Hall–Kier alpha value is -3.01. The third-order valence-corrected chi connectivity index (χ3v) is 5.38. The van der Waals surface area contributed by atoms with E-state index < -0.39 is 10.1 Å². The van der Waals surface area contributed by atoms with Gasteiger partial charge in [-0.15, -0.1) is 0 Å². The molecule has 146 valence electrons. The second kappa shape index (κ2) is 7.55. The van der Waals surface area contributed by atoms with E-state index in [9.17, 15) is 13.2 Å². The summed E-state index contributed by atoms with van der Waals surface area (Å²) in [6.07, 6.45) is 1.78. The first-order valence-corrected chi connectivity index (χ1v) is 9.76. The van der Waals surface area contributed by atoms with Gasteiger partial charge in [-0.25, -0.2) is 0 Å². The van der Waals surface area contributed by atoms with Gasteiger partial charge in [-0.05, 0) is 55.0 Å². The molecule has 0 spiro atoms. The van der Waals surface area contributed by atoms with E-state index in [1.165, 1.54) is 29.3 Å². The number of rotatable bonds is 5. The van der Waals surface area contributed by atoms with Gasteiger partial charge in [-0.3, -0.25) is 4.79 Å². The maximum atomic E-state index is 12.8. The van der Waals surface area contributed by atoms with Crippen molar-refractivity contribution in [3.05, 3.63) is 59.7 Å². The predicted molar refractivity (Wildman–Crippen MR) is 108 cm³/mol. The van der Waals surface area contributed by atoms with Crippen LogP contribution in [0.4, 0.5) is 11.4 Å². The van der Waals surface area contributed by atoms with Crippen LogP contribution in [0.25, 0.3) is 6.08 Å². The minimum atomic E-state index is -4.00. The molecular weight excluding hydrogens is 380 g/mol. The number of nitrogens with two attached hydrogens (primary N) is 1. The van der Waals surface area contributed by atoms with Crippen LogP contribution in [0.1, 0.15) is 12.5 Å². The number of hydrazone groups is 1. The van der Waals surface area contributed by atoms with Gasteiger partial charge in [0.05, 0.1) is 21.9 Å². The van der Waals surface area contributed by atoms with E-state index >= 15 is 0 Å². The number of amides is 1. The summed E-state index contributed by atoms with van der Waals surface area (Å²) in [5.41, 5.74) is 3.42. The summed E-state index contributed by atoms with van der Waals surface area (Å²) in [6, 6.07) is 13.3. The Kier molecular flexibility index (Phi) is 5.32. The largest absolute Gasteiger partial charge is 0.378 e. The Morgan fingerprint density at radius 2 is 1.68 bits per heavy atom. The van der Waals surface area contributed by atoms with Crippen molar-refractivity contribution in [2.75, 3.05) is 24.0 Å². The van der Waals surface area contributed by atoms with Crippen molar-refractivity contribution in [3.63, 3.8) is 0 Å². The molecule has 1 amide bonds. The third-order valence-electron chi connectivity index (χ3n) is 4.28.